The van der Waals surface area contributed by atoms with Crippen LogP contribution in [0.1, 0.15) is 25.0 Å². The largest absolute Gasteiger partial charge is 2.00 e. The van der Waals surface area contributed by atoms with Gasteiger partial charge in [-0.25, -0.2) is 0 Å². The van der Waals surface area contributed by atoms with Crippen molar-refractivity contribution in [3.63, 3.8) is 0 Å². The van der Waals surface area contributed by atoms with Crippen LogP contribution < -0.4 is 0 Å². The number of nitrogens with zero attached hydrogens (tertiary/aromatic N) is 4. The van der Waals surface area contributed by atoms with Crippen LogP contribution in [0.4, 0.5) is 0 Å². The molecule has 25 heavy (non-hydrogen) atoms. The van der Waals surface area contributed by atoms with Gasteiger partial charge in [0, 0.05) is 24.8 Å². The number of isothiocyanates is 2. The Morgan fingerprint density at radius 1 is 0.840 bits per heavy atom. The van der Waals surface area contributed by atoms with Crippen molar-refractivity contribution in [1.82, 2.24) is 9.97 Å². The predicted molar refractivity (Wildman–Crippen MR) is 109 cm³/mol. The minimum atomic E-state index is 0. The maximum absolute atomic E-state index is 7.13. The Kier molecular flexibility index (Phi) is 41.8. The average molecular weight is 427 g/mol. The van der Waals surface area contributed by atoms with Crippen LogP contribution >= 0.6 is 24.4 Å². The molecule has 9 heteroatoms. The number of aromatic nitrogens is 2. The summed E-state index contributed by atoms with van der Waals surface area (Å²) < 4.78 is 0. The molecule has 0 spiro atoms. The first-order valence-electron chi connectivity index (χ1n) is 6.50. The third kappa shape index (κ3) is 27.5. The minimum absolute atomic E-state index is 0. The van der Waals surface area contributed by atoms with Gasteiger partial charge in [0.05, 0.1) is 0 Å². The molecule has 0 atom stereocenters. The van der Waals surface area contributed by atoms with E-state index in [2.05, 4.69) is 60.4 Å². The predicted octanol–water partition coefficient (Wildman–Crippen LogP) is 2.76. The van der Waals surface area contributed by atoms with E-state index < -0.39 is 0 Å². The normalized spacial score (nSPS) is 6.48. The molecule has 0 fully saturated rings. The molecule has 6 N–H and O–H groups in total. The third-order valence-electron chi connectivity index (χ3n) is 2.26. The van der Waals surface area contributed by atoms with Gasteiger partial charge in [-0.05, 0) is 36.1 Å². The summed E-state index contributed by atoms with van der Waals surface area (Å²) in [6, 6.07) is 8.07. The van der Waals surface area contributed by atoms with E-state index in [0.717, 1.165) is 12.8 Å². The van der Waals surface area contributed by atoms with Crippen molar-refractivity contribution in [2.45, 2.75) is 26.7 Å². The summed E-state index contributed by atoms with van der Waals surface area (Å²) >= 11 is 7.40. The van der Waals surface area contributed by atoms with Crippen molar-refractivity contribution in [3.05, 3.63) is 71.0 Å². The summed E-state index contributed by atoms with van der Waals surface area (Å²) in [5.41, 5.74) is 2.60. The number of thiocarbonyl (C=S) groups is 2. The van der Waals surface area contributed by atoms with E-state index in [0.29, 0.717) is 0 Å². The molecular formula is C16H24N4NiO2S2+2. The van der Waals surface area contributed by atoms with E-state index in [1.807, 2.05) is 24.5 Å². The van der Waals surface area contributed by atoms with Crippen LogP contribution in [0.25, 0.3) is 10.8 Å². The number of rotatable bonds is 2. The SMILES string of the molecule is CCc1cccnc1.CCc1cccnc1.[N-]=C=S.[N-]=C=S.[Ni+2].[OH3+].[OH3+]. The van der Waals surface area contributed by atoms with Gasteiger partial charge in [-0.2, -0.15) is 10.3 Å². The van der Waals surface area contributed by atoms with Gasteiger partial charge < -0.3 is 21.8 Å². The number of hydrogen-bond donors (Lipinski definition) is 0. The van der Waals surface area contributed by atoms with Gasteiger partial charge in [-0.3, -0.25) is 9.97 Å². The van der Waals surface area contributed by atoms with Crippen LogP contribution in [0.15, 0.2) is 49.1 Å². The number of aryl methyl sites for hydroxylation is 2. The summed E-state index contributed by atoms with van der Waals surface area (Å²) in [4.78, 5) is 7.91. The van der Waals surface area contributed by atoms with Crippen molar-refractivity contribution in [3.8, 4) is 0 Å². The second-order valence-corrected chi connectivity index (χ2v) is 3.98. The Morgan fingerprint density at radius 3 is 1.24 bits per heavy atom. The van der Waals surface area contributed by atoms with Gasteiger partial charge in [-0.1, -0.05) is 50.4 Å². The summed E-state index contributed by atoms with van der Waals surface area (Å²) in [6.07, 6.45) is 9.51. The average Bonchev–Trinajstić information content (AvgIpc) is 2.58. The van der Waals surface area contributed by atoms with Gasteiger partial charge in [0.1, 0.15) is 0 Å². The Labute approximate surface area is 169 Å². The molecule has 0 aliphatic heterocycles. The molecule has 0 saturated heterocycles. The molecule has 2 heterocycles. The Hall–Kier alpha value is -1.69. The van der Waals surface area contributed by atoms with Crippen molar-refractivity contribution >= 4 is 34.8 Å². The van der Waals surface area contributed by atoms with E-state index in [1.165, 1.54) is 21.4 Å². The molecule has 0 radical (unpaired) electrons. The standard InChI is InChI=1S/2C7H9N.2CNS.Ni.2H2O/c2*1-2-7-4-3-5-8-6-7;2*2-1-3;;;/h2*3-6H,2H2,1H3;;;;2*1H2/q;;2*-1;+2;;/p+2. The van der Waals surface area contributed by atoms with Gasteiger partial charge in [0.25, 0.3) is 0 Å². The third-order valence-corrected chi connectivity index (χ3v) is 2.26. The van der Waals surface area contributed by atoms with E-state index in [1.54, 1.807) is 12.4 Å². The second-order valence-electron chi connectivity index (χ2n) is 3.61. The molecular weight excluding hydrogens is 403 g/mol. The zero-order valence-electron chi connectivity index (χ0n) is 14.1. The van der Waals surface area contributed by atoms with E-state index in [4.69, 9.17) is 10.8 Å². The summed E-state index contributed by atoms with van der Waals surface area (Å²) in [5, 5.41) is 16.9. The van der Waals surface area contributed by atoms with Crippen molar-refractivity contribution < 1.29 is 27.4 Å². The number of pyridine rings is 2. The molecule has 0 aromatic carbocycles. The molecule has 0 aliphatic carbocycles. The quantitative estimate of drug-likeness (QED) is 0.315. The van der Waals surface area contributed by atoms with Gasteiger partial charge in [0.2, 0.25) is 0 Å². The summed E-state index contributed by atoms with van der Waals surface area (Å²) in [5.74, 6) is 0. The molecule has 2 aromatic rings. The van der Waals surface area contributed by atoms with Gasteiger partial charge >= 0.3 is 16.5 Å². The first-order valence-corrected chi connectivity index (χ1v) is 7.31. The van der Waals surface area contributed by atoms with Crippen molar-refractivity contribution in [2.24, 2.45) is 0 Å². The first kappa shape index (κ1) is 34.6. The molecule has 6 nitrogen and oxygen atoms in total. The second kappa shape index (κ2) is 30.2. The Bertz CT molecular complexity index is 497. The molecule has 2 rings (SSSR count). The smallest absolute Gasteiger partial charge is 0.753 e. The minimum Gasteiger partial charge on any atom is -0.753 e. The fourth-order valence-electron chi connectivity index (χ4n) is 1.21. The van der Waals surface area contributed by atoms with Crippen LogP contribution in [-0.2, 0) is 40.3 Å². The van der Waals surface area contributed by atoms with Gasteiger partial charge in [0.15, 0.2) is 0 Å². The monoisotopic (exact) mass is 426 g/mol. The summed E-state index contributed by atoms with van der Waals surface area (Å²) in [7, 11) is 0. The van der Waals surface area contributed by atoms with E-state index >= 15 is 0 Å². The molecule has 0 unspecified atom stereocenters. The fraction of sp³-hybridized carbons (Fsp3) is 0.250. The van der Waals surface area contributed by atoms with E-state index in [9.17, 15) is 0 Å². The van der Waals surface area contributed by atoms with E-state index in [-0.39, 0.29) is 27.4 Å². The maximum Gasteiger partial charge on any atom is 2.00 e. The number of hydrogen-bond acceptors (Lipinski definition) is 4. The summed E-state index contributed by atoms with van der Waals surface area (Å²) in [6.45, 7) is 4.24. The molecule has 0 bridgehead atoms. The zero-order chi connectivity index (χ0) is 17.1. The maximum atomic E-state index is 7.13. The fourth-order valence-corrected chi connectivity index (χ4v) is 1.21. The Morgan fingerprint density at radius 2 is 1.12 bits per heavy atom. The van der Waals surface area contributed by atoms with Crippen LogP contribution in [0.5, 0.6) is 0 Å². The van der Waals surface area contributed by atoms with Crippen LogP contribution in [0.3, 0.4) is 0 Å². The molecule has 0 aliphatic rings. The Balaban J connectivity index is -0.0000000749. The van der Waals surface area contributed by atoms with Crippen LogP contribution in [0, 0.1) is 0 Å². The van der Waals surface area contributed by atoms with Crippen molar-refractivity contribution in [1.29, 1.82) is 0 Å². The van der Waals surface area contributed by atoms with Crippen molar-refractivity contribution in [2.75, 3.05) is 0 Å². The topological polar surface area (TPSA) is 136 Å². The molecule has 0 amide bonds. The first-order chi connectivity index (χ1) is 10.7. The van der Waals surface area contributed by atoms with Gasteiger partial charge in [-0.15, -0.1) is 0 Å². The molecule has 140 valence electrons. The molecule has 2 aromatic heterocycles. The zero-order valence-corrected chi connectivity index (χ0v) is 16.7. The van der Waals surface area contributed by atoms with Crippen LogP contribution in [-0.4, -0.2) is 20.3 Å². The molecule has 0 saturated carbocycles. The van der Waals surface area contributed by atoms with Crippen LogP contribution in [0.2, 0.25) is 0 Å².